The number of guanidine groups is 1. The molecule has 138 valence electrons. The van der Waals surface area contributed by atoms with Crippen LogP contribution < -0.4 is 10.6 Å². The molecule has 0 radical (unpaired) electrons. The number of hydrogen-bond donors (Lipinski definition) is 2. The Hall–Kier alpha value is -0.740. The fourth-order valence-electron chi connectivity index (χ4n) is 2.05. The summed E-state index contributed by atoms with van der Waals surface area (Å²) in [5.41, 5.74) is 0.923. The molecule has 0 saturated heterocycles. The van der Waals surface area contributed by atoms with Crippen molar-refractivity contribution in [1.29, 1.82) is 0 Å². The smallest absolute Gasteiger partial charge is 0.355 e. The molecule has 0 spiro atoms. The molecule has 0 bridgehead atoms. The maximum atomic E-state index is 12.2. The van der Waals surface area contributed by atoms with E-state index in [-0.39, 0.29) is 36.6 Å². The van der Waals surface area contributed by atoms with Gasteiger partial charge in [0.2, 0.25) is 0 Å². The monoisotopic (exact) mass is 478 g/mol. The van der Waals surface area contributed by atoms with Crippen molar-refractivity contribution < 1.29 is 13.2 Å². The first-order valence-electron chi connectivity index (χ1n) is 7.20. The second kappa shape index (κ2) is 11.0. The molecule has 1 aromatic rings. The van der Waals surface area contributed by atoms with E-state index in [1.54, 1.807) is 13.1 Å². The van der Waals surface area contributed by atoms with Gasteiger partial charge in [0.25, 0.3) is 0 Å². The van der Waals surface area contributed by atoms with E-state index < -0.39 is 12.7 Å². The topological polar surface area (TPSA) is 39.7 Å². The SMILES string of the molecule is CN=C(NCCN(C)CC(F)(F)F)NC(C)c1ccccc1Cl.I. The highest BCUT2D eigenvalue weighted by atomic mass is 127. The van der Waals surface area contributed by atoms with Gasteiger partial charge in [-0.3, -0.25) is 9.89 Å². The zero-order valence-electron chi connectivity index (χ0n) is 13.8. The molecule has 2 N–H and O–H groups in total. The van der Waals surface area contributed by atoms with Crippen molar-refractivity contribution in [2.24, 2.45) is 4.99 Å². The van der Waals surface area contributed by atoms with Crippen molar-refractivity contribution in [3.05, 3.63) is 34.9 Å². The number of nitrogens with one attached hydrogen (secondary N) is 2. The Kier molecular flexibility index (Phi) is 10.6. The first-order valence-corrected chi connectivity index (χ1v) is 7.57. The van der Waals surface area contributed by atoms with Crippen LogP contribution in [0.3, 0.4) is 0 Å². The minimum Gasteiger partial charge on any atom is -0.355 e. The zero-order valence-corrected chi connectivity index (χ0v) is 16.9. The first-order chi connectivity index (χ1) is 10.7. The number of nitrogens with zero attached hydrogens (tertiary/aromatic N) is 2. The van der Waals surface area contributed by atoms with E-state index in [9.17, 15) is 13.2 Å². The molecule has 0 aromatic heterocycles. The summed E-state index contributed by atoms with van der Waals surface area (Å²) >= 11 is 6.14. The van der Waals surface area contributed by atoms with Crippen LogP contribution in [0.1, 0.15) is 18.5 Å². The summed E-state index contributed by atoms with van der Waals surface area (Å²) in [5, 5.41) is 6.80. The van der Waals surface area contributed by atoms with Gasteiger partial charge in [-0.25, -0.2) is 0 Å². The molecule has 4 nitrogen and oxygen atoms in total. The van der Waals surface area contributed by atoms with Crippen molar-refractivity contribution in [2.45, 2.75) is 19.1 Å². The molecule has 1 unspecified atom stereocenters. The van der Waals surface area contributed by atoms with Crippen molar-refractivity contribution in [2.75, 3.05) is 33.7 Å². The predicted octanol–water partition coefficient (Wildman–Crippen LogP) is 3.68. The van der Waals surface area contributed by atoms with Gasteiger partial charge in [-0.05, 0) is 25.6 Å². The lowest BCUT2D eigenvalue weighted by Crippen LogP contribution is -2.43. The third kappa shape index (κ3) is 8.93. The highest BCUT2D eigenvalue weighted by molar-refractivity contribution is 14.0. The quantitative estimate of drug-likeness (QED) is 0.372. The molecule has 0 saturated carbocycles. The van der Waals surface area contributed by atoms with E-state index in [0.29, 0.717) is 17.5 Å². The largest absolute Gasteiger partial charge is 0.401 e. The Morgan fingerprint density at radius 1 is 1.33 bits per heavy atom. The van der Waals surface area contributed by atoms with Gasteiger partial charge in [-0.2, -0.15) is 13.2 Å². The maximum Gasteiger partial charge on any atom is 0.401 e. The lowest BCUT2D eigenvalue weighted by molar-refractivity contribution is -0.142. The van der Waals surface area contributed by atoms with Crippen LogP contribution >= 0.6 is 35.6 Å². The van der Waals surface area contributed by atoms with Crippen LogP contribution in [0.25, 0.3) is 0 Å². The van der Waals surface area contributed by atoms with Crippen LogP contribution in [-0.2, 0) is 0 Å². The lowest BCUT2D eigenvalue weighted by Gasteiger charge is -2.21. The van der Waals surface area contributed by atoms with E-state index in [0.717, 1.165) is 5.56 Å². The Morgan fingerprint density at radius 2 is 1.96 bits per heavy atom. The lowest BCUT2D eigenvalue weighted by atomic mass is 10.1. The minimum absolute atomic E-state index is 0. The van der Waals surface area contributed by atoms with Gasteiger partial charge < -0.3 is 10.6 Å². The molecule has 24 heavy (non-hydrogen) atoms. The Balaban J connectivity index is 0.00000529. The normalized spacial score (nSPS) is 13.4. The van der Waals surface area contributed by atoms with Crippen LogP contribution in [0.2, 0.25) is 5.02 Å². The van der Waals surface area contributed by atoms with Crippen LogP contribution in [0.15, 0.2) is 29.3 Å². The van der Waals surface area contributed by atoms with Gasteiger partial charge in [0, 0.05) is 25.2 Å². The third-order valence-electron chi connectivity index (χ3n) is 3.18. The Labute approximate surface area is 162 Å². The van der Waals surface area contributed by atoms with Gasteiger partial charge in [0.15, 0.2) is 5.96 Å². The molecule has 1 atom stereocenters. The molecule has 0 aliphatic rings. The summed E-state index contributed by atoms with van der Waals surface area (Å²) in [5.74, 6) is 0.512. The predicted molar refractivity (Wildman–Crippen MR) is 103 cm³/mol. The van der Waals surface area contributed by atoms with E-state index in [2.05, 4.69) is 15.6 Å². The first kappa shape index (κ1) is 23.3. The summed E-state index contributed by atoms with van der Waals surface area (Å²) in [7, 11) is 3.03. The highest BCUT2D eigenvalue weighted by Gasteiger charge is 2.28. The second-order valence-corrected chi connectivity index (χ2v) is 5.65. The number of benzene rings is 1. The van der Waals surface area contributed by atoms with Crippen molar-refractivity contribution in [3.63, 3.8) is 0 Å². The van der Waals surface area contributed by atoms with Gasteiger partial charge in [0.05, 0.1) is 12.6 Å². The number of halogens is 5. The zero-order chi connectivity index (χ0) is 17.5. The molecule has 1 rings (SSSR count). The standard InChI is InChI=1S/C15H22ClF3N4.HI/c1-11(12-6-4-5-7-13(12)16)22-14(20-2)21-8-9-23(3)10-15(17,18)19;/h4-7,11H,8-10H2,1-3H3,(H2,20,21,22);1H. The molecule has 0 heterocycles. The molecular weight excluding hydrogens is 456 g/mol. The summed E-state index contributed by atoms with van der Waals surface area (Å²) in [6.07, 6.45) is -4.19. The molecular formula is C15H23ClF3IN4. The third-order valence-corrected chi connectivity index (χ3v) is 3.53. The van der Waals surface area contributed by atoms with E-state index in [1.807, 2.05) is 25.1 Å². The molecule has 0 amide bonds. The average molecular weight is 479 g/mol. The second-order valence-electron chi connectivity index (χ2n) is 5.24. The molecule has 0 fully saturated rings. The Bertz CT molecular complexity index is 526. The summed E-state index contributed by atoms with van der Waals surface area (Å²) in [6, 6.07) is 7.37. The summed E-state index contributed by atoms with van der Waals surface area (Å²) < 4.78 is 36.7. The fourth-order valence-corrected chi connectivity index (χ4v) is 2.35. The number of alkyl halides is 3. The number of rotatable bonds is 6. The molecule has 0 aliphatic carbocycles. The van der Waals surface area contributed by atoms with Crippen molar-refractivity contribution >= 4 is 41.5 Å². The van der Waals surface area contributed by atoms with E-state index >= 15 is 0 Å². The molecule has 9 heteroatoms. The van der Waals surface area contributed by atoms with Gasteiger partial charge in [-0.1, -0.05) is 29.8 Å². The van der Waals surface area contributed by atoms with Gasteiger partial charge in [-0.15, -0.1) is 24.0 Å². The van der Waals surface area contributed by atoms with Gasteiger partial charge >= 0.3 is 6.18 Å². The molecule has 0 aliphatic heterocycles. The fraction of sp³-hybridized carbons (Fsp3) is 0.533. The number of likely N-dealkylation sites (N-methyl/N-ethyl adjacent to an activating group) is 1. The highest BCUT2D eigenvalue weighted by Crippen LogP contribution is 2.21. The summed E-state index contributed by atoms with van der Waals surface area (Å²) in [4.78, 5) is 5.27. The van der Waals surface area contributed by atoms with Crippen LogP contribution in [-0.4, -0.2) is 50.8 Å². The molecule has 1 aromatic carbocycles. The van der Waals surface area contributed by atoms with Crippen molar-refractivity contribution in [1.82, 2.24) is 15.5 Å². The van der Waals surface area contributed by atoms with E-state index in [1.165, 1.54) is 11.9 Å². The number of aliphatic imine (C=N–C) groups is 1. The maximum absolute atomic E-state index is 12.2. The number of hydrogen-bond acceptors (Lipinski definition) is 2. The average Bonchev–Trinajstić information content (AvgIpc) is 2.44. The van der Waals surface area contributed by atoms with Crippen LogP contribution in [0, 0.1) is 0 Å². The van der Waals surface area contributed by atoms with E-state index in [4.69, 9.17) is 11.6 Å². The van der Waals surface area contributed by atoms with Crippen molar-refractivity contribution in [3.8, 4) is 0 Å². The summed E-state index contributed by atoms with van der Waals surface area (Å²) in [6.45, 7) is 1.60. The van der Waals surface area contributed by atoms with Crippen LogP contribution in [0.5, 0.6) is 0 Å². The Morgan fingerprint density at radius 3 is 2.50 bits per heavy atom. The van der Waals surface area contributed by atoms with Crippen LogP contribution in [0.4, 0.5) is 13.2 Å². The minimum atomic E-state index is -4.19. The van der Waals surface area contributed by atoms with Gasteiger partial charge in [0.1, 0.15) is 0 Å².